The second-order valence-electron chi connectivity index (χ2n) is 6.77. The van der Waals surface area contributed by atoms with Gasteiger partial charge in [-0.25, -0.2) is 0 Å². The van der Waals surface area contributed by atoms with Crippen molar-refractivity contribution >= 4 is 5.96 Å². The monoisotopic (exact) mass is 332 g/mol. The van der Waals surface area contributed by atoms with Crippen LogP contribution in [-0.4, -0.2) is 56.2 Å². The van der Waals surface area contributed by atoms with Crippen LogP contribution in [0.4, 0.5) is 0 Å². The Labute approximate surface area is 146 Å². The molecule has 0 spiro atoms. The third kappa shape index (κ3) is 5.71. The van der Waals surface area contributed by atoms with E-state index < -0.39 is 0 Å². The number of aliphatic imine (C=N–C) groups is 1. The van der Waals surface area contributed by atoms with E-state index >= 15 is 0 Å². The van der Waals surface area contributed by atoms with Gasteiger partial charge in [-0.1, -0.05) is 18.2 Å². The van der Waals surface area contributed by atoms with Gasteiger partial charge in [-0.05, 0) is 52.3 Å². The van der Waals surface area contributed by atoms with Crippen LogP contribution < -0.4 is 15.4 Å². The van der Waals surface area contributed by atoms with Gasteiger partial charge in [-0.3, -0.25) is 9.89 Å². The average molecular weight is 332 g/mol. The number of ether oxygens (including phenoxy) is 1. The number of benzene rings is 1. The van der Waals surface area contributed by atoms with E-state index in [1.807, 2.05) is 18.2 Å². The predicted octanol–water partition coefficient (Wildman–Crippen LogP) is 2.41. The van der Waals surface area contributed by atoms with Crippen LogP contribution in [0, 0.1) is 6.92 Å². The lowest BCUT2D eigenvalue weighted by Gasteiger charge is -2.26. The molecule has 1 aliphatic rings. The Morgan fingerprint density at radius 2 is 1.92 bits per heavy atom. The summed E-state index contributed by atoms with van der Waals surface area (Å²) < 4.78 is 5.99. The van der Waals surface area contributed by atoms with Crippen LogP contribution in [0.25, 0.3) is 0 Å². The van der Waals surface area contributed by atoms with Crippen LogP contribution >= 0.6 is 0 Å². The third-order valence-corrected chi connectivity index (χ3v) is 4.59. The maximum Gasteiger partial charge on any atom is 0.191 e. The summed E-state index contributed by atoms with van der Waals surface area (Å²) in [5, 5.41) is 6.75. The lowest BCUT2D eigenvalue weighted by atomic mass is 10.2. The van der Waals surface area contributed by atoms with Gasteiger partial charge in [0.2, 0.25) is 0 Å². The highest BCUT2D eigenvalue weighted by molar-refractivity contribution is 5.79. The SMILES string of the molecule is CN=C(NCC(C)Oc1ccccc1C)NCC(C)N(C)C1CC1. The largest absolute Gasteiger partial charge is 0.489 e. The van der Waals surface area contributed by atoms with E-state index in [1.165, 1.54) is 12.8 Å². The van der Waals surface area contributed by atoms with E-state index in [4.69, 9.17) is 4.74 Å². The molecule has 0 aromatic heterocycles. The third-order valence-electron chi connectivity index (χ3n) is 4.59. The summed E-state index contributed by atoms with van der Waals surface area (Å²) in [4.78, 5) is 6.75. The highest BCUT2D eigenvalue weighted by Gasteiger charge is 2.28. The Hall–Kier alpha value is -1.75. The summed E-state index contributed by atoms with van der Waals surface area (Å²) >= 11 is 0. The summed E-state index contributed by atoms with van der Waals surface area (Å²) in [6.45, 7) is 7.98. The lowest BCUT2D eigenvalue weighted by molar-refractivity contribution is 0.221. The molecule has 0 amide bonds. The maximum atomic E-state index is 5.99. The highest BCUT2D eigenvalue weighted by Crippen LogP contribution is 2.26. The molecule has 5 heteroatoms. The molecule has 2 unspecified atom stereocenters. The van der Waals surface area contributed by atoms with Crippen molar-refractivity contribution in [3.63, 3.8) is 0 Å². The molecule has 0 saturated heterocycles. The van der Waals surface area contributed by atoms with Gasteiger partial charge in [0.05, 0.1) is 6.54 Å². The second kappa shape index (κ2) is 8.92. The first-order chi connectivity index (χ1) is 11.5. The molecule has 134 valence electrons. The number of para-hydroxylation sites is 1. The molecule has 24 heavy (non-hydrogen) atoms. The van der Waals surface area contributed by atoms with Gasteiger partial charge in [0, 0.05) is 25.7 Å². The van der Waals surface area contributed by atoms with Gasteiger partial charge in [0.15, 0.2) is 5.96 Å². The summed E-state index contributed by atoms with van der Waals surface area (Å²) in [5.74, 6) is 1.76. The molecule has 0 radical (unpaired) electrons. The number of hydrogen-bond acceptors (Lipinski definition) is 3. The minimum Gasteiger partial charge on any atom is -0.489 e. The van der Waals surface area contributed by atoms with Crippen molar-refractivity contribution in [2.24, 2.45) is 4.99 Å². The fourth-order valence-corrected chi connectivity index (χ4v) is 2.64. The molecule has 0 bridgehead atoms. The van der Waals surface area contributed by atoms with Crippen molar-refractivity contribution in [1.29, 1.82) is 0 Å². The van der Waals surface area contributed by atoms with Crippen LogP contribution in [0.5, 0.6) is 5.75 Å². The topological polar surface area (TPSA) is 48.9 Å². The molecule has 1 aromatic rings. The lowest BCUT2D eigenvalue weighted by Crippen LogP contribution is -2.47. The van der Waals surface area contributed by atoms with Gasteiger partial charge < -0.3 is 15.4 Å². The number of nitrogens with one attached hydrogen (secondary N) is 2. The summed E-state index contributed by atoms with van der Waals surface area (Å²) in [7, 11) is 4.01. The van der Waals surface area contributed by atoms with Gasteiger partial charge in [0.1, 0.15) is 11.9 Å². The maximum absolute atomic E-state index is 5.99. The quantitative estimate of drug-likeness (QED) is 0.567. The van der Waals surface area contributed by atoms with Crippen LogP contribution in [0.15, 0.2) is 29.3 Å². The summed E-state index contributed by atoms with van der Waals surface area (Å²) in [6.07, 6.45) is 2.74. The van der Waals surface area contributed by atoms with Crippen LogP contribution in [0.1, 0.15) is 32.3 Å². The molecule has 1 aromatic carbocycles. The number of aryl methyl sites for hydroxylation is 1. The Morgan fingerprint density at radius 1 is 1.25 bits per heavy atom. The normalized spacial score (nSPS) is 17.5. The number of likely N-dealkylation sites (N-methyl/N-ethyl adjacent to an activating group) is 1. The highest BCUT2D eigenvalue weighted by atomic mass is 16.5. The van der Waals surface area contributed by atoms with Crippen LogP contribution in [0.2, 0.25) is 0 Å². The van der Waals surface area contributed by atoms with Gasteiger partial charge in [-0.15, -0.1) is 0 Å². The van der Waals surface area contributed by atoms with Crippen LogP contribution in [0.3, 0.4) is 0 Å². The molecule has 5 nitrogen and oxygen atoms in total. The van der Waals surface area contributed by atoms with Crippen molar-refractivity contribution in [2.45, 2.75) is 51.8 Å². The molecule has 2 atom stereocenters. The molecule has 0 aliphatic heterocycles. The van der Waals surface area contributed by atoms with Gasteiger partial charge in [-0.2, -0.15) is 0 Å². The molecular formula is C19H32N4O. The fraction of sp³-hybridized carbons (Fsp3) is 0.632. The van der Waals surface area contributed by atoms with Crippen molar-refractivity contribution in [2.75, 3.05) is 27.2 Å². The molecular weight excluding hydrogens is 300 g/mol. The Morgan fingerprint density at radius 3 is 2.54 bits per heavy atom. The van der Waals surface area contributed by atoms with Gasteiger partial charge in [0.25, 0.3) is 0 Å². The summed E-state index contributed by atoms with van der Waals surface area (Å²) in [6, 6.07) is 9.37. The zero-order valence-electron chi connectivity index (χ0n) is 15.7. The van der Waals surface area contributed by atoms with E-state index in [0.29, 0.717) is 12.6 Å². The van der Waals surface area contributed by atoms with Crippen LogP contribution in [-0.2, 0) is 0 Å². The summed E-state index contributed by atoms with van der Waals surface area (Å²) in [5.41, 5.74) is 1.16. The number of guanidine groups is 1. The molecule has 1 fully saturated rings. The number of nitrogens with zero attached hydrogens (tertiary/aromatic N) is 2. The predicted molar refractivity (Wildman–Crippen MR) is 101 cm³/mol. The van der Waals surface area contributed by atoms with E-state index in [2.05, 4.69) is 54.4 Å². The zero-order chi connectivity index (χ0) is 17.5. The molecule has 2 N–H and O–H groups in total. The van der Waals surface area contributed by atoms with Crippen molar-refractivity contribution in [1.82, 2.24) is 15.5 Å². The Bertz CT molecular complexity index is 542. The van der Waals surface area contributed by atoms with Crippen molar-refractivity contribution in [3.8, 4) is 5.75 Å². The number of hydrogen-bond donors (Lipinski definition) is 2. The Balaban J connectivity index is 1.71. The minimum absolute atomic E-state index is 0.0659. The first-order valence-electron chi connectivity index (χ1n) is 8.90. The first kappa shape index (κ1) is 18.6. The fourth-order valence-electron chi connectivity index (χ4n) is 2.64. The van der Waals surface area contributed by atoms with E-state index in [-0.39, 0.29) is 6.10 Å². The number of rotatable bonds is 8. The molecule has 2 rings (SSSR count). The molecule has 0 heterocycles. The smallest absolute Gasteiger partial charge is 0.191 e. The standard InChI is InChI=1S/C19H32N4O/c1-14-8-6-7-9-18(14)24-16(3)13-22-19(20-4)21-12-15(2)23(5)17-10-11-17/h6-9,15-17H,10-13H2,1-5H3,(H2,20,21,22). The molecule has 1 saturated carbocycles. The first-order valence-corrected chi connectivity index (χ1v) is 8.90. The van der Waals surface area contributed by atoms with E-state index in [9.17, 15) is 0 Å². The second-order valence-corrected chi connectivity index (χ2v) is 6.77. The van der Waals surface area contributed by atoms with Gasteiger partial charge >= 0.3 is 0 Å². The minimum atomic E-state index is 0.0659. The molecule has 1 aliphatic carbocycles. The van der Waals surface area contributed by atoms with E-state index in [1.54, 1.807) is 7.05 Å². The average Bonchev–Trinajstić information content (AvgIpc) is 3.41. The van der Waals surface area contributed by atoms with Crippen molar-refractivity contribution in [3.05, 3.63) is 29.8 Å². The van der Waals surface area contributed by atoms with E-state index in [0.717, 1.165) is 29.9 Å². The Kier molecular flexibility index (Phi) is 6.91. The van der Waals surface area contributed by atoms with Crippen molar-refractivity contribution < 1.29 is 4.74 Å². The zero-order valence-corrected chi connectivity index (χ0v) is 15.7.